The van der Waals surface area contributed by atoms with E-state index in [0.717, 1.165) is 34.4 Å². The molecule has 0 aliphatic heterocycles. The number of carbonyl (C=O) groups is 1. The van der Waals surface area contributed by atoms with Crippen LogP contribution in [0.4, 0.5) is 0 Å². The lowest BCUT2D eigenvalue weighted by Crippen LogP contribution is -2.23. The second-order valence-electron chi connectivity index (χ2n) is 6.83. The maximum absolute atomic E-state index is 12.5. The van der Waals surface area contributed by atoms with E-state index in [4.69, 9.17) is 4.74 Å². The van der Waals surface area contributed by atoms with Gasteiger partial charge in [-0.2, -0.15) is 5.10 Å². The van der Waals surface area contributed by atoms with E-state index in [1.165, 1.54) is 35.3 Å². The van der Waals surface area contributed by atoms with Crippen molar-refractivity contribution in [3.63, 3.8) is 0 Å². The fraction of sp³-hybridized carbons (Fsp3) is 0.333. The van der Waals surface area contributed by atoms with Gasteiger partial charge in [0.25, 0.3) is 5.91 Å². The molecule has 0 unspecified atom stereocenters. The van der Waals surface area contributed by atoms with Gasteiger partial charge in [-0.25, -0.2) is 0 Å². The molecule has 0 radical (unpaired) electrons. The third kappa shape index (κ3) is 4.15. The van der Waals surface area contributed by atoms with Crippen molar-refractivity contribution in [3.05, 3.63) is 67.6 Å². The average Bonchev–Trinajstić information content (AvgIpc) is 3.43. The molecule has 28 heavy (non-hydrogen) atoms. The summed E-state index contributed by atoms with van der Waals surface area (Å²) in [6.07, 6.45) is 5.30. The van der Waals surface area contributed by atoms with E-state index in [2.05, 4.69) is 38.5 Å². The largest absolute Gasteiger partial charge is 0.489 e. The predicted octanol–water partition coefficient (Wildman–Crippen LogP) is 4.72. The predicted molar refractivity (Wildman–Crippen MR) is 114 cm³/mol. The number of thiophene rings is 1. The lowest BCUT2D eigenvalue weighted by atomic mass is 10.1. The van der Waals surface area contributed by atoms with Crippen LogP contribution in [0.2, 0.25) is 0 Å². The molecule has 0 saturated heterocycles. The van der Waals surface area contributed by atoms with E-state index >= 15 is 0 Å². The normalized spacial score (nSPS) is 12.8. The molecule has 0 fully saturated rings. The Morgan fingerprint density at radius 2 is 2.18 bits per heavy atom. The van der Waals surface area contributed by atoms with Crippen LogP contribution in [0.25, 0.3) is 0 Å². The zero-order valence-corrected chi connectivity index (χ0v) is 18.1. The third-order valence-corrected chi connectivity index (χ3v) is 6.61. The maximum Gasteiger partial charge on any atom is 0.261 e. The molecule has 5 nitrogen and oxygen atoms in total. The summed E-state index contributed by atoms with van der Waals surface area (Å²) < 4.78 is 8.71. The Labute approximate surface area is 176 Å². The second-order valence-corrected chi connectivity index (χ2v) is 8.60. The Morgan fingerprint density at radius 3 is 3.04 bits per heavy atom. The highest BCUT2D eigenvalue weighted by atomic mass is 79.9. The summed E-state index contributed by atoms with van der Waals surface area (Å²) in [6, 6.07) is 8.26. The Balaban J connectivity index is 1.33. The Hall–Kier alpha value is -2.12. The number of carbonyl (C=O) groups excluding carboxylic acids is 1. The van der Waals surface area contributed by atoms with Crippen molar-refractivity contribution in [1.82, 2.24) is 15.1 Å². The van der Waals surface area contributed by atoms with Crippen molar-refractivity contribution in [2.45, 2.75) is 45.9 Å². The summed E-state index contributed by atoms with van der Waals surface area (Å²) in [5, 5.41) is 9.22. The topological polar surface area (TPSA) is 56.2 Å². The number of nitrogens with one attached hydrogen (secondary N) is 1. The molecule has 1 N–H and O–H groups in total. The van der Waals surface area contributed by atoms with E-state index in [1.54, 1.807) is 6.20 Å². The van der Waals surface area contributed by atoms with Gasteiger partial charge < -0.3 is 10.1 Å². The number of aromatic nitrogens is 2. The third-order valence-electron chi connectivity index (χ3n) is 4.97. The monoisotopic (exact) mass is 459 g/mol. The zero-order chi connectivity index (χ0) is 19.5. The van der Waals surface area contributed by atoms with E-state index in [1.807, 2.05) is 29.1 Å². The molecule has 1 amide bonds. The number of nitrogens with zero attached hydrogens (tertiary/aromatic N) is 2. The van der Waals surface area contributed by atoms with Crippen LogP contribution in [0.5, 0.6) is 5.75 Å². The number of amides is 1. The van der Waals surface area contributed by atoms with Crippen LogP contribution in [0.3, 0.4) is 0 Å². The zero-order valence-electron chi connectivity index (χ0n) is 15.7. The minimum Gasteiger partial charge on any atom is -0.489 e. The quantitative estimate of drug-likeness (QED) is 0.555. The van der Waals surface area contributed by atoms with Gasteiger partial charge in [0.15, 0.2) is 0 Å². The fourth-order valence-corrected chi connectivity index (χ4v) is 4.71. The fourth-order valence-electron chi connectivity index (χ4n) is 3.46. The summed E-state index contributed by atoms with van der Waals surface area (Å²) >= 11 is 4.92. The molecule has 7 heteroatoms. The smallest absolute Gasteiger partial charge is 0.261 e. The van der Waals surface area contributed by atoms with Crippen molar-refractivity contribution in [3.8, 4) is 5.75 Å². The number of hydrogen-bond donors (Lipinski definition) is 1. The van der Waals surface area contributed by atoms with E-state index in [-0.39, 0.29) is 5.91 Å². The van der Waals surface area contributed by atoms with Crippen LogP contribution in [-0.4, -0.2) is 15.7 Å². The van der Waals surface area contributed by atoms with Crippen molar-refractivity contribution in [2.24, 2.45) is 0 Å². The summed E-state index contributed by atoms with van der Waals surface area (Å²) in [6.45, 7) is 3.69. The molecule has 2 aromatic heterocycles. The van der Waals surface area contributed by atoms with Gasteiger partial charge in [-0.3, -0.25) is 9.48 Å². The van der Waals surface area contributed by atoms with Crippen molar-refractivity contribution in [1.29, 1.82) is 0 Å². The van der Waals surface area contributed by atoms with E-state index in [0.29, 0.717) is 18.0 Å². The molecule has 2 heterocycles. The van der Waals surface area contributed by atoms with Gasteiger partial charge in [0, 0.05) is 12.1 Å². The van der Waals surface area contributed by atoms with Crippen molar-refractivity contribution in [2.75, 3.05) is 0 Å². The first-order chi connectivity index (χ1) is 13.6. The van der Waals surface area contributed by atoms with E-state index < -0.39 is 0 Å². The Morgan fingerprint density at radius 1 is 1.32 bits per heavy atom. The number of ether oxygens (including phenoxy) is 1. The second kappa shape index (κ2) is 8.49. The first kappa shape index (κ1) is 19.2. The summed E-state index contributed by atoms with van der Waals surface area (Å²) in [4.78, 5) is 13.2. The number of hydrogen-bond acceptors (Lipinski definition) is 4. The minimum atomic E-state index is -0.0791. The van der Waals surface area contributed by atoms with Gasteiger partial charge in [-0.1, -0.05) is 6.07 Å². The number of halogens is 1. The molecular weight excluding hydrogens is 438 g/mol. The molecule has 4 rings (SSSR count). The molecule has 1 aliphatic carbocycles. The summed E-state index contributed by atoms with van der Waals surface area (Å²) in [5.74, 6) is 0.820. The highest BCUT2D eigenvalue weighted by molar-refractivity contribution is 9.10. The van der Waals surface area contributed by atoms with Crippen LogP contribution < -0.4 is 10.1 Å². The number of fused-ring (bicyclic) bond motifs is 1. The minimum absolute atomic E-state index is 0.0791. The maximum atomic E-state index is 12.5. The van der Waals surface area contributed by atoms with Gasteiger partial charge in [0.05, 0.1) is 27.8 Å². The Kier molecular flexibility index (Phi) is 5.82. The number of aryl methyl sites for hydroxylation is 3. The average molecular weight is 460 g/mol. The van der Waals surface area contributed by atoms with Crippen LogP contribution in [0.15, 0.2) is 40.3 Å². The summed E-state index contributed by atoms with van der Waals surface area (Å²) in [7, 11) is 0. The van der Waals surface area contributed by atoms with Crippen molar-refractivity contribution >= 4 is 33.2 Å². The van der Waals surface area contributed by atoms with Crippen LogP contribution in [0, 0.1) is 0 Å². The van der Waals surface area contributed by atoms with Gasteiger partial charge in [-0.15, -0.1) is 11.3 Å². The molecule has 0 atom stereocenters. The van der Waals surface area contributed by atoms with Gasteiger partial charge in [0.2, 0.25) is 0 Å². The standard InChI is InChI=1S/C21H22BrN3O2S/c1-2-25-19(18(22)10-24-25)11-23-21(26)20-8-14(13-28-20)12-27-17-7-6-15-4-3-5-16(15)9-17/h6-10,13H,2-5,11-12H2,1H3,(H,23,26). The van der Waals surface area contributed by atoms with Gasteiger partial charge >= 0.3 is 0 Å². The lowest BCUT2D eigenvalue weighted by molar-refractivity contribution is 0.0954. The first-order valence-corrected chi connectivity index (χ1v) is 11.1. The molecule has 3 aromatic rings. The molecule has 0 saturated carbocycles. The van der Waals surface area contributed by atoms with Crippen LogP contribution in [0.1, 0.15) is 45.4 Å². The van der Waals surface area contributed by atoms with Crippen LogP contribution >= 0.6 is 27.3 Å². The molecule has 1 aromatic carbocycles. The van der Waals surface area contributed by atoms with Gasteiger partial charge in [-0.05, 0) is 76.8 Å². The highest BCUT2D eigenvalue weighted by Gasteiger charge is 2.14. The highest BCUT2D eigenvalue weighted by Crippen LogP contribution is 2.27. The number of rotatable bonds is 7. The molecule has 0 spiro atoms. The first-order valence-electron chi connectivity index (χ1n) is 9.44. The molecule has 146 valence electrons. The number of benzene rings is 1. The van der Waals surface area contributed by atoms with Gasteiger partial charge in [0.1, 0.15) is 12.4 Å². The van der Waals surface area contributed by atoms with Crippen molar-refractivity contribution < 1.29 is 9.53 Å². The lowest BCUT2D eigenvalue weighted by Gasteiger charge is -2.07. The molecule has 0 bridgehead atoms. The van der Waals surface area contributed by atoms with E-state index in [9.17, 15) is 4.79 Å². The SMILES string of the molecule is CCn1ncc(Br)c1CNC(=O)c1cc(COc2ccc3c(c2)CCC3)cs1. The molecular formula is C21H22BrN3O2S. The van der Waals surface area contributed by atoms with Crippen LogP contribution in [-0.2, 0) is 32.5 Å². The molecule has 1 aliphatic rings. The Bertz CT molecular complexity index is 995. The summed E-state index contributed by atoms with van der Waals surface area (Å²) in [5.41, 5.74) is 4.82.